The maximum atomic E-state index is 10.4. The van der Waals surface area contributed by atoms with Crippen LogP contribution in [0, 0.1) is 0 Å². The molecular formula is C15H11ClN2O2. The van der Waals surface area contributed by atoms with Crippen molar-refractivity contribution in [3.63, 3.8) is 0 Å². The smallest absolute Gasteiger partial charge is 0.172 e. The first-order chi connectivity index (χ1) is 9.75. The van der Waals surface area contributed by atoms with Gasteiger partial charge < -0.3 is 9.63 Å². The Labute approximate surface area is 120 Å². The predicted octanol–water partition coefficient (Wildman–Crippen LogP) is 3.47. The molecule has 0 aliphatic carbocycles. The van der Waals surface area contributed by atoms with Crippen LogP contribution < -0.4 is 0 Å². The second-order valence-electron chi connectivity index (χ2n) is 4.31. The monoisotopic (exact) mass is 286 g/mol. The van der Waals surface area contributed by atoms with Crippen LogP contribution in [-0.4, -0.2) is 15.2 Å². The first kappa shape index (κ1) is 12.8. The number of aliphatic hydroxyl groups excluding tert-OH is 1. The molecule has 0 saturated heterocycles. The quantitative estimate of drug-likeness (QED) is 0.801. The zero-order valence-electron chi connectivity index (χ0n) is 10.4. The van der Waals surface area contributed by atoms with E-state index in [-0.39, 0.29) is 0 Å². The van der Waals surface area contributed by atoms with Gasteiger partial charge in [0, 0.05) is 28.5 Å². The second kappa shape index (κ2) is 5.45. The molecule has 1 aromatic carbocycles. The molecule has 0 bridgehead atoms. The Balaban J connectivity index is 2.00. The zero-order chi connectivity index (χ0) is 13.9. The lowest BCUT2D eigenvalue weighted by atomic mass is 10.0. The van der Waals surface area contributed by atoms with Crippen LogP contribution in [0.5, 0.6) is 0 Å². The molecule has 5 heteroatoms. The number of aromatic nitrogens is 2. The summed E-state index contributed by atoms with van der Waals surface area (Å²) in [6, 6.07) is 10.7. The van der Waals surface area contributed by atoms with E-state index in [1.54, 1.807) is 36.7 Å². The number of aliphatic hydroxyl groups is 1. The normalized spacial score (nSPS) is 12.3. The van der Waals surface area contributed by atoms with Gasteiger partial charge in [-0.1, -0.05) is 22.8 Å². The molecule has 0 radical (unpaired) electrons. The van der Waals surface area contributed by atoms with Crippen molar-refractivity contribution < 1.29 is 9.63 Å². The van der Waals surface area contributed by atoms with Crippen molar-refractivity contribution in [2.75, 3.05) is 0 Å². The van der Waals surface area contributed by atoms with Crippen molar-refractivity contribution in [2.45, 2.75) is 6.10 Å². The van der Waals surface area contributed by atoms with E-state index in [9.17, 15) is 5.11 Å². The number of hydrogen-bond acceptors (Lipinski definition) is 4. The number of benzene rings is 1. The molecule has 100 valence electrons. The molecule has 2 heterocycles. The summed E-state index contributed by atoms with van der Waals surface area (Å²) >= 11 is 5.87. The SMILES string of the molecule is OC(c1cccnc1)c1cnoc1-c1ccc(Cl)cc1. The Morgan fingerprint density at radius 2 is 1.90 bits per heavy atom. The Bertz CT molecular complexity index is 695. The highest BCUT2D eigenvalue weighted by atomic mass is 35.5. The van der Waals surface area contributed by atoms with Gasteiger partial charge >= 0.3 is 0 Å². The van der Waals surface area contributed by atoms with Crippen molar-refractivity contribution in [1.82, 2.24) is 10.1 Å². The first-order valence-corrected chi connectivity index (χ1v) is 6.42. The van der Waals surface area contributed by atoms with Crippen LogP contribution in [0.3, 0.4) is 0 Å². The zero-order valence-corrected chi connectivity index (χ0v) is 11.2. The maximum absolute atomic E-state index is 10.4. The molecule has 1 unspecified atom stereocenters. The Hall–Kier alpha value is -2.17. The molecule has 3 rings (SSSR count). The summed E-state index contributed by atoms with van der Waals surface area (Å²) in [5.41, 5.74) is 2.09. The molecule has 3 aromatic rings. The Kier molecular flexibility index (Phi) is 3.50. The Morgan fingerprint density at radius 1 is 1.10 bits per heavy atom. The van der Waals surface area contributed by atoms with Crippen LogP contribution in [0.25, 0.3) is 11.3 Å². The largest absolute Gasteiger partial charge is 0.383 e. The van der Waals surface area contributed by atoms with Gasteiger partial charge in [0.05, 0.1) is 11.8 Å². The van der Waals surface area contributed by atoms with Crippen LogP contribution in [0.4, 0.5) is 0 Å². The van der Waals surface area contributed by atoms with E-state index in [0.29, 0.717) is 21.9 Å². The average molecular weight is 287 g/mol. The molecule has 0 fully saturated rings. The minimum Gasteiger partial charge on any atom is -0.383 e. The van der Waals surface area contributed by atoms with E-state index in [4.69, 9.17) is 16.1 Å². The van der Waals surface area contributed by atoms with Crippen molar-refractivity contribution >= 4 is 11.6 Å². The minimum absolute atomic E-state index is 0.526. The summed E-state index contributed by atoms with van der Waals surface area (Å²) < 4.78 is 5.26. The molecule has 0 saturated carbocycles. The molecule has 0 spiro atoms. The van der Waals surface area contributed by atoms with Crippen LogP contribution in [0.1, 0.15) is 17.2 Å². The summed E-state index contributed by atoms with van der Waals surface area (Å²) in [4.78, 5) is 4.00. The lowest BCUT2D eigenvalue weighted by molar-refractivity contribution is 0.219. The fourth-order valence-corrected chi connectivity index (χ4v) is 2.11. The highest BCUT2D eigenvalue weighted by Crippen LogP contribution is 2.31. The van der Waals surface area contributed by atoms with E-state index >= 15 is 0 Å². The van der Waals surface area contributed by atoms with Crippen molar-refractivity contribution in [3.05, 3.63) is 71.1 Å². The lowest BCUT2D eigenvalue weighted by Crippen LogP contribution is -2.00. The predicted molar refractivity (Wildman–Crippen MR) is 75.2 cm³/mol. The van der Waals surface area contributed by atoms with Gasteiger partial charge in [0.2, 0.25) is 0 Å². The number of pyridine rings is 1. The number of hydrogen-bond donors (Lipinski definition) is 1. The van der Waals surface area contributed by atoms with Gasteiger partial charge in [0.1, 0.15) is 6.10 Å². The van der Waals surface area contributed by atoms with Crippen LogP contribution in [0.2, 0.25) is 5.02 Å². The van der Waals surface area contributed by atoms with Gasteiger partial charge in [-0.3, -0.25) is 4.98 Å². The molecule has 0 aliphatic heterocycles. The summed E-state index contributed by atoms with van der Waals surface area (Å²) in [5.74, 6) is 0.526. The summed E-state index contributed by atoms with van der Waals surface area (Å²) in [6.07, 6.45) is 3.95. The molecule has 1 atom stereocenters. The molecule has 0 amide bonds. The van der Waals surface area contributed by atoms with Crippen molar-refractivity contribution in [3.8, 4) is 11.3 Å². The first-order valence-electron chi connectivity index (χ1n) is 6.04. The number of rotatable bonds is 3. The molecule has 0 aliphatic rings. The van der Waals surface area contributed by atoms with E-state index < -0.39 is 6.10 Å². The lowest BCUT2D eigenvalue weighted by Gasteiger charge is -2.09. The minimum atomic E-state index is -0.833. The van der Waals surface area contributed by atoms with Gasteiger partial charge in [-0.2, -0.15) is 0 Å². The highest BCUT2D eigenvalue weighted by molar-refractivity contribution is 6.30. The highest BCUT2D eigenvalue weighted by Gasteiger charge is 2.19. The van der Waals surface area contributed by atoms with E-state index in [1.807, 2.05) is 12.1 Å². The second-order valence-corrected chi connectivity index (χ2v) is 4.74. The summed E-state index contributed by atoms with van der Waals surface area (Å²) in [6.45, 7) is 0. The van der Waals surface area contributed by atoms with Crippen LogP contribution in [0.15, 0.2) is 59.5 Å². The molecule has 2 aromatic heterocycles. The third-order valence-electron chi connectivity index (χ3n) is 3.00. The van der Waals surface area contributed by atoms with Crippen molar-refractivity contribution in [2.24, 2.45) is 0 Å². The van der Waals surface area contributed by atoms with Crippen molar-refractivity contribution in [1.29, 1.82) is 0 Å². The third kappa shape index (κ3) is 2.43. The number of nitrogens with zero attached hydrogens (tertiary/aromatic N) is 2. The van der Waals surface area contributed by atoms with E-state index in [1.165, 1.54) is 6.20 Å². The molecule has 20 heavy (non-hydrogen) atoms. The molecule has 4 nitrogen and oxygen atoms in total. The van der Waals surface area contributed by atoms with Gasteiger partial charge in [0.25, 0.3) is 0 Å². The summed E-state index contributed by atoms with van der Waals surface area (Å²) in [5, 5.41) is 14.8. The molecular weight excluding hydrogens is 276 g/mol. The van der Waals surface area contributed by atoms with Crippen LogP contribution in [-0.2, 0) is 0 Å². The van der Waals surface area contributed by atoms with Gasteiger partial charge in [-0.05, 0) is 30.3 Å². The average Bonchev–Trinajstić information content (AvgIpc) is 2.97. The fourth-order valence-electron chi connectivity index (χ4n) is 1.98. The van der Waals surface area contributed by atoms with Gasteiger partial charge in [-0.15, -0.1) is 0 Å². The topological polar surface area (TPSA) is 59.2 Å². The summed E-state index contributed by atoms with van der Waals surface area (Å²) in [7, 11) is 0. The Morgan fingerprint density at radius 3 is 2.60 bits per heavy atom. The van der Waals surface area contributed by atoms with Gasteiger partial charge in [-0.25, -0.2) is 0 Å². The maximum Gasteiger partial charge on any atom is 0.172 e. The number of halogens is 1. The standard InChI is InChI=1S/C15H11ClN2O2/c16-12-5-3-10(4-6-12)15-13(9-18-20-15)14(19)11-2-1-7-17-8-11/h1-9,14,19H. The van der Waals surface area contributed by atoms with Crippen LogP contribution >= 0.6 is 11.6 Å². The fraction of sp³-hybridized carbons (Fsp3) is 0.0667. The molecule has 1 N–H and O–H groups in total. The van der Waals surface area contributed by atoms with E-state index in [0.717, 1.165) is 5.56 Å². The van der Waals surface area contributed by atoms with E-state index in [2.05, 4.69) is 10.1 Å². The van der Waals surface area contributed by atoms with Gasteiger partial charge in [0.15, 0.2) is 5.76 Å². The third-order valence-corrected chi connectivity index (χ3v) is 3.25.